The Morgan fingerprint density at radius 1 is 0.950 bits per heavy atom. The Morgan fingerprint density at radius 3 is 2.38 bits per heavy atom. The second kappa shape index (κ2) is 10.7. The highest BCUT2D eigenvalue weighted by Gasteiger charge is 2.46. The van der Waals surface area contributed by atoms with Gasteiger partial charge in [0.05, 0.1) is 13.5 Å². The second-order valence-electron chi connectivity index (χ2n) is 12.1. The van der Waals surface area contributed by atoms with Crippen molar-refractivity contribution < 1.29 is 28.2 Å². The molecule has 1 saturated carbocycles. The molecule has 4 nitrogen and oxygen atoms in total. The first kappa shape index (κ1) is 27.9. The van der Waals surface area contributed by atoms with E-state index < -0.39 is 17.6 Å². The Morgan fingerprint density at radius 2 is 1.73 bits per heavy atom. The predicted octanol–water partition coefficient (Wildman–Crippen LogP) is 8.78. The first-order chi connectivity index (χ1) is 19.0. The van der Waals surface area contributed by atoms with Crippen LogP contribution in [0.15, 0.2) is 60.7 Å². The van der Waals surface area contributed by atoms with Crippen LogP contribution >= 0.6 is 0 Å². The summed E-state index contributed by atoms with van der Waals surface area (Å²) in [6, 6.07) is 15.2. The molecule has 5 rings (SSSR count). The SMILES string of the molecule is COc1ccc(F)c(-c2c(F)cc(COc3cccc([C@@H](CC(=O)O)C4(C)CC4)c3)cc2C2=CCCC2(C)C)c1. The number of aliphatic carboxylic acids is 1. The molecule has 2 aliphatic carbocycles. The van der Waals surface area contributed by atoms with Crippen molar-refractivity contribution in [2.45, 2.75) is 65.4 Å². The number of methoxy groups -OCH3 is 1. The van der Waals surface area contributed by atoms with Gasteiger partial charge in [0.25, 0.3) is 0 Å². The molecule has 1 N–H and O–H groups in total. The molecule has 6 heteroatoms. The van der Waals surface area contributed by atoms with E-state index in [1.807, 2.05) is 30.3 Å². The number of hydrogen-bond donors (Lipinski definition) is 1. The fourth-order valence-electron chi connectivity index (χ4n) is 5.99. The normalized spacial score (nSPS) is 17.7. The highest BCUT2D eigenvalue weighted by molar-refractivity contribution is 5.85. The molecule has 0 aromatic heterocycles. The van der Waals surface area contributed by atoms with Gasteiger partial charge in [0.1, 0.15) is 29.7 Å². The van der Waals surface area contributed by atoms with Crippen molar-refractivity contribution in [1.82, 2.24) is 0 Å². The number of rotatable bonds is 10. The van der Waals surface area contributed by atoms with Crippen LogP contribution in [0.1, 0.15) is 75.5 Å². The van der Waals surface area contributed by atoms with E-state index in [9.17, 15) is 9.90 Å². The largest absolute Gasteiger partial charge is 0.497 e. The van der Waals surface area contributed by atoms with E-state index in [0.29, 0.717) is 22.6 Å². The second-order valence-corrected chi connectivity index (χ2v) is 12.1. The molecule has 0 spiro atoms. The van der Waals surface area contributed by atoms with Gasteiger partial charge in [-0.1, -0.05) is 39.0 Å². The van der Waals surface area contributed by atoms with E-state index in [1.54, 1.807) is 0 Å². The summed E-state index contributed by atoms with van der Waals surface area (Å²) >= 11 is 0. The number of carboxylic acid groups (broad SMARTS) is 1. The van der Waals surface area contributed by atoms with Crippen molar-refractivity contribution in [3.05, 3.63) is 89.0 Å². The highest BCUT2D eigenvalue weighted by Crippen LogP contribution is 2.57. The van der Waals surface area contributed by atoms with E-state index >= 15 is 8.78 Å². The smallest absolute Gasteiger partial charge is 0.303 e. The van der Waals surface area contributed by atoms with Crippen LogP contribution in [0.25, 0.3) is 16.7 Å². The van der Waals surface area contributed by atoms with Crippen LogP contribution in [0.2, 0.25) is 0 Å². The van der Waals surface area contributed by atoms with Crippen molar-refractivity contribution in [3.63, 3.8) is 0 Å². The van der Waals surface area contributed by atoms with E-state index in [4.69, 9.17) is 9.47 Å². The molecule has 40 heavy (non-hydrogen) atoms. The topological polar surface area (TPSA) is 55.8 Å². The van der Waals surface area contributed by atoms with Crippen LogP contribution in [-0.2, 0) is 11.4 Å². The third kappa shape index (κ3) is 5.63. The fraction of sp³-hybridized carbons (Fsp3) is 0.382. The Bertz CT molecular complexity index is 1470. The number of benzene rings is 3. The monoisotopic (exact) mass is 546 g/mol. The maximum atomic E-state index is 15.9. The third-order valence-electron chi connectivity index (χ3n) is 8.65. The summed E-state index contributed by atoms with van der Waals surface area (Å²) in [4.78, 5) is 11.6. The Labute approximate surface area is 234 Å². The van der Waals surface area contributed by atoms with Crippen LogP contribution in [0.4, 0.5) is 8.78 Å². The number of allylic oxidation sites excluding steroid dienone is 2. The number of halogens is 2. The van der Waals surface area contributed by atoms with Crippen molar-refractivity contribution in [2.75, 3.05) is 7.11 Å². The molecular weight excluding hydrogens is 510 g/mol. The Hall–Kier alpha value is -3.67. The lowest BCUT2D eigenvalue weighted by Gasteiger charge is -2.26. The van der Waals surface area contributed by atoms with E-state index in [-0.39, 0.29) is 40.9 Å². The minimum absolute atomic E-state index is 0.0118. The van der Waals surface area contributed by atoms with Crippen molar-refractivity contribution in [2.24, 2.45) is 10.8 Å². The van der Waals surface area contributed by atoms with Gasteiger partial charge in [-0.15, -0.1) is 0 Å². The molecule has 0 heterocycles. The number of ether oxygens (including phenoxy) is 2. The first-order valence-corrected chi connectivity index (χ1v) is 13.8. The standard InChI is InChI=1S/C34H36F2O4/c1-33(2)12-6-9-27(33)25-15-21(16-30(36)32(25)26-18-23(39-4)10-11-29(26)35)20-40-24-8-5-7-22(17-24)28(19-31(37)38)34(3)13-14-34/h5,7-11,15-18,28H,6,12-14,19-20H2,1-4H3,(H,37,38)/t28-/m1/s1. The summed E-state index contributed by atoms with van der Waals surface area (Å²) in [7, 11) is 1.50. The van der Waals surface area contributed by atoms with Crippen molar-refractivity contribution in [3.8, 4) is 22.6 Å². The molecule has 210 valence electrons. The highest BCUT2D eigenvalue weighted by atomic mass is 19.1. The summed E-state index contributed by atoms with van der Waals surface area (Å²) in [5, 5.41) is 9.49. The molecule has 1 fully saturated rings. The van der Waals surface area contributed by atoms with Gasteiger partial charge in [-0.2, -0.15) is 0 Å². The number of hydrogen-bond acceptors (Lipinski definition) is 3. The Balaban J connectivity index is 1.49. The lowest BCUT2D eigenvalue weighted by molar-refractivity contribution is -0.137. The number of carboxylic acids is 1. The van der Waals surface area contributed by atoms with Crippen molar-refractivity contribution in [1.29, 1.82) is 0 Å². The molecule has 3 aromatic carbocycles. The zero-order chi connectivity index (χ0) is 28.7. The van der Waals surface area contributed by atoms with Crippen LogP contribution < -0.4 is 9.47 Å². The van der Waals surface area contributed by atoms with Gasteiger partial charge in [-0.25, -0.2) is 8.78 Å². The molecular formula is C34H36F2O4. The average Bonchev–Trinajstić information content (AvgIpc) is 3.56. The van der Waals surface area contributed by atoms with Gasteiger partial charge in [-0.3, -0.25) is 4.79 Å². The first-order valence-electron chi connectivity index (χ1n) is 13.8. The lowest BCUT2D eigenvalue weighted by atomic mass is 9.79. The molecule has 2 aliphatic rings. The van der Waals surface area contributed by atoms with Crippen LogP contribution in [0.5, 0.6) is 11.5 Å². The van der Waals surface area contributed by atoms with E-state index in [2.05, 4.69) is 26.8 Å². The molecule has 0 aliphatic heterocycles. The van der Waals surface area contributed by atoms with E-state index in [1.165, 1.54) is 31.4 Å². The lowest BCUT2D eigenvalue weighted by Crippen LogP contribution is -2.15. The van der Waals surface area contributed by atoms with E-state index in [0.717, 1.165) is 36.8 Å². The molecule has 0 unspecified atom stereocenters. The molecule has 3 aromatic rings. The Kier molecular flexibility index (Phi) is 7.47. The summed E-state index contributed by atoms with van der Waals surface area (Å²) in [5.41, 5.74) is 3.39. The van der Waals surface area contributed by atoms with Crippen LogP contribution in [0.3, 0.4) is 0 Å². The molecule has 0 saturated heterocycles. The van der Waals surface area contributed by atoms with Gasteiger partial charge < -0.3 is 14.6 Å². The van der Waals surface area contributed by atoms with Gasteiger partial charge in [-0.05, 0) is 107 Å². The van der Waals surface area contributed by atoms with Gasteiger partial charge >= 0.3 is 5.97 Å². The van der Waals surface area contributed by atoms with Gasteiger partial charge in [0.15, 0.2) is 0 Å². The van der Waals surface area contributed by atoms with Crippen molar-refractivity contribution >= 4 is 11.5 Å². The van der Waals surface area contributed by atoms with Crippen LogP contribution in [0, 0.1) is 22.5 Å². The summed E-state index contributed by atoms with van der Waals surface area (Å²) in [6.45, 7) is 6.49. The summed E-state index contributed by atoms with van der Waals surface area (Å²) in [6.07, 6.45) is 5.99. The minimum Gasteiger partial charge on any atom is -0.497 e. The summed E-state index contributed by atoms with van der Waals surface area (Å²) in [5.74, 6) is -0.894. The quantitative estimate of drug-likeness (QED) is 0.276. The maximum Gasteiger partial charge on any atom is 0.303 e. The molecule has 0 amide bonds. The predicted molar refractivity (Wildman–Crippen MR) is 152 cm³/mol. The van der Waals surface area contributed by atoms with Crippen LogP contribution in [-0.4, -0.2) is 18.2 Å². The van der Waals surface area contributed by atoms with Gasteiger partial charge in [0, 0.05) is 11.1 Å². The molecule has 1 atom stereocenters. The molecule has 0 radical (unpaired) electrons. The zero-order valence-corrected chi connectivity index (χ0v) is 23.5. The fourth-order valence-corrected chi connectivity index (χ4v) is 5.99. The maximum absolute atomic E-state index is 15.9. The minimum atomic E-state index is -0.816. The average molecular weight is 547 g/mol. The third-order valence-corrected chi connectivity index (χ3v) is 8.65. The van der Waals surface area contributed by atoms with Gasteiger partial charge in [0.2, 0.25) is 0 Å². The zero-order valence-electron chi connectivity index (χ0n) is 23.5. The molecule has 0 bridgehead atoms. The summed E-state index contributed by atoms with van der Waals surface area (Å²) < 4.78 is 42.4. The number of carbonyl (C=O) groups is 1.